The first-order valence-electron chi connectivity index (χ1n) is 12.9. The molecule has 0 aliphatic carbocycles. The van der Waals surface area contributed by atoms with E-state index in [4.69, 9.17) is 37.4 Å². The van der Waals surface area contributed by atoms with Crippen LogP contribution in [0.15, 0.2) is 61.2 Å². The molecule has 0 N–H and O–H groups in total. The van der Waals surface area contributed by atoms with Crippen molar-refractivity contribution in [1.82, 2.24) is 19.1 Å². The van der Waals surface area contributed by atoms with E-state index >= 15 is 0 Å². The van der Waals surface area contributed by atoms with E-state index in [0.29, 0.717) is 33.3 Å². The van der Waals surface area contributed by atoms with Gasteiger partial charge in [0.1, 0.15) is 24.2 Å². The van der Waals surface area contributed by atoms with Crippen molar-refractivity contribution in [2.75, 3.05) is 13.2 Å². The van der Waals surface area contributed by atoms with E-state index in [9.17, 15) is 20.2 Å². The van der Waals surface area contributed by atoms with Crippen LogP contribution in [0.5, 0.6) is 17.6 Å². The molecule has 43 heavy (non-hydrogen) atoms. The highest BCUT2D eigenvalue weighted by Crippen LogP contribution is 2.41. The molecule has 0 saturated carbocycles. The molecule has 15 nitrogen and oxygen atoms in total. The summed E-state index contributed by atoms with van der Waals surface area (Å²) < 4.78 is 21.7. The molecule has 0 radical (unpaired) electrons. The highest BCUT2D eigenvalue weighted by Gasteiger charge is 2.45. The van der Waals surface area contributed by atoms with Gasteiger partial charge in [0, 0.05) is 35.1 Å². The van der Waals surface area contributed by atoms with Gasteiger partial charge in [-0.05, 0) is 42.8 Å². The second kappa shape index (κ2) is 12.8. The van der Waals surface area contributed by atoms with Crippen LogP contribution in [0, 0.1) is 20.2 Å². The molecule has 1 aliphatic heterocycles. The fourth-order valence-corrected chi connectivity index (χ4v) is 5.22. The van der Waals surface area contributed by atoms with Gasteiger partial charge in [0.25, 0.3) is 6.01 Å². The zero-order valence-electron chi connectivity index (χ0n) is 22.5. The average Bonchev–Trinajstić information content (AvgIpc) is 3.68. The van der Waals surface area contributed by atoms with E-state index in [2.05, 4.69) is 19.6 Å². The van der Waals surface area contributed by atoms with Crippen molar-refractivity contribution in [3.05, 3.63) is 97.0 Å². The lowest BCUT2D eigenvalue weighted by Crippen LogP contribution is -2.34. The van der Waals surface area contributed by atoms with E-state index in [1.807, 2.05) is 11.5 Å². The van der Waals surface area contributed by atoms with Crippen LogP contribution < -0.4 is 14.4 Å². The highest BCUT2D eigenvalue weighted by molar-refractivity contribution is 6.35. The molecule has 2 atom stereocenters. The number of halogens is 2. The predicted molar refractivity (Wildman–Crippen MR) is 150 cm³/mol. The van der Waals surface area contributed by atoms with Crippen molar-refractivity contribution in [3.8, 4) is 28.9 Å². The first kappa shape index (κ1) is 30.0. The van der Waals surface area contributed by atoms with Crippen LogP contribution in [0.3, 0.4) is 0 Å². The maximum absolute atomic E-state index is 11.1. The summed E-state index contributed by atoms with van der Waals surface area (Å²) in [4.78, 5) is 39.1. The van der Waals surface area contributed by atoms with Gasteiger partial charge in [0.05, 0.1) is 24.5 Å². The smallest absolute Gasteiger partial charge is 0.302 e. The Morgan fingerprint density at radius 1 is 1.12 bits per heavy atom. The molecule has 0 spiro atoms. The van der Waals surface area contributed by atoms with Gasteiger partial charge in [-0.1, -0.05) is 36.2 Å². The molecule has 1 saturated heterocycles. The summed E-state index contributed by atoms with van der Waals surface area (Å²) in [5.41, 5.74) is 1.18. The van der Waals surface area contributed by atoms with Crippen LogP contribution in [0.4, 0.5) is 0 Å². The lowest BCUT2D eigenvalue weighted by molar-refractivity contribution is -0.715. The number of ether oxygens (including phenoxy) is 3. The van der Waals surface area contributed by atoms with Crippen LogP contribution in [0.1, 0.15) is 18.9 Å². The Morgan fingerprint density at radius 2 is 1.88 bits per heavy atom. The number of hydrogen-bond donors (Lipinski definition) is 0. The van der Waals surface area contributed by atoms with Gasteiger partial charge in [-0.3, -0.25) is 4.84 Å². The first-order chi connectivity index (χ1) is 20.7. The van der Waals surface area contributed by atoms with Crippen LogP contribution >= 0.6 is 23.2 Å². The number of rotatable bonds is 13. The maximum atomic E-state index is 11.1. The molecule has 0 bridgehead atoms. The summed E-state index contributed by atoms with van der Waals surface area (Å²) >= 11 is 12.6. The Morgan fingerprint density at radius 3 is 2.53 bits per heavy atom. The second-order valence-electron chi connectivity index (χ2n) is 9.33. The quantitative estimate of drug-likeness (QED) is 0.144. The highest BCUT2D eigenvalue weighted by atomic mass is 35.5. The van der Waals surface area contributed by atoms with Crippen molar-refractivity contribution in [2.24, 2.45) is 0 Å². The molecule has 1 aliphatic rings. The molecule has 5 rings (SSSR count). The number of hydrogen-bond acceptors (Lipinski definition) is 11. The summed E-state index contributed by atoms with van der Waals surface area (Å²) in [5, 5.41) is 20.8. The number of aromatic nitrogens is 4. The van der Waals surface area contributed by atoms with Gasteiger partial charge in [-0.2, -0.15) is 4.98 Å². The summed E-state index contributed by atoms with van der Waals surface area (Å²) in [6.45, 7) is 2.66. The zero-order chi connectivity index (χ0) is 30.6. The molecular weight excluding hydrogens is 611 g/mol. The van der Waals surface area contributed by atoms with E-state index in [-0.39, 0.29) is 32.0 Å². The SMILES string of the molecule is CCCn1c(O[N+](=O)[O-])nc(O[N+](=O)[O-])c1-c1ccc(OCC2COC(Cn3ccnc3)(c3ccc(Cl)cc3Cl)O2)cc1. The fourth-order valence-electron chi connectivity index (χ4n) is 4.67. The fraction of sp³-hybridized carbons (Fsp3) is 0.308. The average molecular weight is 635 g/mol. The molecule has 2 aromatic carbocycles. The Balaban J connectivity index is 1.33. The molecular formula is C26H24Cl2N6O9. The van der Waals surface area contributed by atoms with Crippen molar-refractivity contribution >= 4 is 23.2 Å². The summed E-state index contributed by atoms with van der Waals surface area (Å²) in [6, 6.07) is 11.1. The van der Waals surface area contributed by atoms with Gasteiger partial charge >= 0.3 is 10.2 Å². The third kappa shape index (κ3) is 6.80. The molecule has 0 amide bonds. The van der Waals surface area contributed by atoms with Gasteiger partial charge in [0.2, 0.25) is 11.7 Å². The summed E-state index contributed by atoms with van der Waals surface area (Å²) in [7, 11) is 0. The number of nitrogens with zero attached hydrogens (tertiary/aromatic N) is 6. The van der Waals surface area contributed by atoms with Crippen LogP contribution in [0.25, 0.3) is 11.3 Å². The van der Waals surface area contributed by atoms with Gasteiger partial charge in [-0.25, -0.2) is 9.82 Å². The predicted octanol–water partition coefficient (Wildman–Crippen LogP) is 4.95. The minimum absolute atomic E-state index is 0.126. The molecule has 2 aromatic heterocycles. The van der Waals surface area contributed by atoms with E-state index in [1.165, 1.54) is 4.57 Å². The molecule has 1 fully saturated rings. The zero-order valence-corrected chi connectivity index (χ0v) is 24.0. The number of benzene rings is 2. The van der Waals surface area contributed by atoms with Crippen molar-refractivity contribution in [2.45, 2.75) is 38.3 Å². The molecule has 17 heteroatoms. The third-order valence-electron chi connectivity index (χ3n) is 6.38. The van der Waals surface area contributed by atoms with E-state index in [0.717, 1.165) is 0 Å². The summed E-state index contributed by atoms with van der Waals surface area (Å²) in [6.07, 6.45) is 5.13. The Bertz CT molecular complexity index is 1600. The largest absolute Gasteiger partial charge is 0.491 e. The van der Waals surface area contributed by atoms with Gasteiger partial charge in [0.15, 0.2) is 0 Å². The normalized spacial score (nSPS) is 18.0. The topological polar surface area (TPSA) is 168 Å². The van der Waals surface area contributed by atoms with E-state index in [1.54, 1.807) is 61.2 Å². The first-order valence-corrected chi connectivity index (χ1v) is 13.6. The lowest BCUT2D eigenvalue weighted by Gasteiger charge is -2.30. The Hall–Kier alpha value is -4.44. The van der Waals surface area contributed by atoms with Crippen molar-refractivity contribution < 1.29 is 34.1 Å². The minimum Gasteiger partial charge on any atom is -0.491 e. The van der Waals surface area contributed by atoms with Crippen LogP contribution in [-0.4, -0.2) is 48.6 Å². The van der Waals surface area contributed by atoms with Crippen LogP contribution in [-0.2, 0) is 28.4 Å². The van der Waals surface area contributed by atoms with Crippen molar-refractivity contribution in [1.29, 1.82) is 0 Å². The lowest BCUT2D eigenvalue weighted by atomic mass is 10.1. The van der Waals surface area contributed by atoms with Gasteiger partial charge < -0.3 is 23.3 Å². The third-order valence-corrected chi connectivity index (χ3v) is 6.93. The van der Waals surface area contributed by atoms with Crippen molar-refractivity contribution in [3.63, 3.8) is 0 Å². The van der Waals surface area contributed by atoms with E-state index < -0.39 is 34.0 Å². The Labute approximate surface area is 253 Å². The van der Waals surface area contributed by atoms with Crippen LogP contribution in [0.2, 0.25) is 10.0 Å². The van der Waals surface area contributed by atoms with Gasteiger partial charge in [-0.15, -0.1) is 20.2 Å². The number of imidazole rings is 2. The molecule has 226 valence electrons. The Kier molecular flexibility index (Phi) is 8.96. The maximum Gasteiger partial charge on any atom is 0.302 e. The molecule has 4 aromatic rings. The summed E-state index contributed by atoms with van der Waals surface area (Å²) in [5.74, 6) is -1.20. The monoisotopic (exact) mass is 634 g/mol. The molecule has 3 heterocycles. The molecule has 2 unspecified atom stereocenters. The minimum atomic E-state index is -1.21. The second-order valence-corrected chi connectivity index (χ2v) is 10.2. The standard InChI is InChI=1S/C26H24Cl2N6O9/c1-2-10-32-23(24(42-33(35)36)30-25(32)43-34(37)38)17-3-6-19(7-4-17)39-13-20-14-40-26(41-20,15-31-11-9-29-16-31)21-8-5-18(27)12-22(21)28/h3-9,11-12,16,20H,2,10,13-15H2,1H3.